The summed E-state index contributed by atoms with van der Waals surface area (Å²) in [5.74, 6) is 0.534. The number of nitrogens with zero attached hydrogens (tertiary/aromatic N) is 2. The number of hydrogen-bond donors (Lipinski definition) is 3. The minimum absolute atomic E-state index is 0.103. The molecule has 0 saturated carbocycles. The SMILES string of the molecule is CCNC(=NCc1ccc(CN2CCCCC2)cc1)NCC(=O)Nc1ccccc1. The molecule has 6 nitrogen and oxygen atoms in total. The van der Waals surface area contributed by atoms with E-state index in [2.05, 4.69) is 50.1 Å². The molecule has 1 aliphatic rings. The summed E-state index contributed by atoms with van der Waals surface area (Å²) in [5, 5.41) is 9.15. The van der Waals surface area contributed by atoms with Crippen LogP contribution in [0.1, 0.15) is 37.3 Å². The second-order valence-electron chi connectivity index (χ2n) is 7.62. The lowest BCUT2D eigenvalue weighted by Crippen LogP contribution is -2.41. The van der Waals surface area contributed by atoms with Crippen LogP contribution < -0.4 is 16.0 Å². The lowest BCUT2D eigenvalue weighted by Gasteiger charge is -2.26. The van der Waals surface area contributed by atoms with Crippen LogP contribution in [0, 0.1) is 0 Å². The highest BCUT2D eigenvalue weighted by molar-refractivity contribution is 5.94. The number of rotatable bonds is 8. The molecular weight excluding hydrogens is 374 g/mol. The molecule has 0 atom stereocenters. The highest BCUT2D eigenvalue weighted by Gasteiger charge is 2.10. The summed E-state index contributed by atoms with van der Waals surface area (Å²) in [7, 11) is 0. The van der Waals surface area contributed by atoms with Gasteiger partial charge in [-0.2, -0.15) is 0 Å². The number of para-hydroxylation sites is 1. The standard InChI is InChI=1S/C24H33N5O/c1-2-25-24(27-18-23(30)28-22-9-5-3-6-10-22)26-17-20-11-13-21(14-12-20)19-29-15-7-4-8-16-29/h3,5-6,9-14H,2,4,7-8,15-19H2,1H3,(H,28,30)(H2,25,26,27). The molecule has 0 radical (unpaired) electrons. The van der Waals surface area contributed by atoms with Crippen LogP contribution in [0.3, 0.4) is 0 Å². The van der Waals surface area contributed by atoms with E-state index < -0.39 is 0 Å². The molecular formula is C24H33N5O. The van der Waals surface area contributed by atoms with Gasteiger partial charge in [0.1, 0.15) is 0 Å². The van der Waals surface area contributed by atoms with Crippen molar-refractivity contribution in [1.29, 1.82) is 0 Å². The Kier molecular flexibility index (Phi) is 8.72. The van der Waals surface area contributed by atoms with Crippen LogP contribution in [0.4, 0.5) is 5.69 Å². The van der Waals surface area contributed by atoms with E-state index in [9.17, 15) is 4.79 Å². The highest BCUT2D eigenvalue weighted by Crippen LogP contribution is 2.14. The number of anilines is 1. The van der Waals surface area contributed by atoms with E-state index in [4.69, 9.17) is 0 Å². The van der Waals surface area contributed by atoms with Gasteiger partial charge in [-0.25, -0.2) is 4.99 Å². The molecule has 1 heterocycles. The molecule has 30 heavy (non-hydrogen) atoms. The minimum atomic E-state index is -0.103. The third-order valence-electron chi connectivity index (χ3n) is 5.12. The Bertz CT molecular complexity index is 798. The zero-order valence-electron chi connectivity index (χ0n) is 17.9. The van der Waals surface area contributed by atoms with Gasteiger partial charge in [0.25, 0.3) is 0 Å². The van der Waals surface area contributed by atoms with Crippen LogP contribution >= 0.6 is 0 Å². The number of aliphatic imine (C=N–C) groups is 1. The van der Waals surface area contributed by atoms with Crippen LogP contribution in [0.25, 0.3) is 0 Å². The Labute approximate surface area is 179 Å². The van der Waals surface area contributed by atoms with Crippen molar-refractivity contribution < 1.29 is 4.79 Å². The first-order valence-electron chi connectivity index (χ1n) is 10.9. The summed E-state index contributed by atoms with van der Waals surface area (Å²) >= 11 is 0. The molecule has 1 saturated heterocycles. The normalized spacial score (nSPS) is 14.9. The van der Waals surface area contributed by atoms with Crippen molar-refractivity contribution in [2.45, 2.75) is 39.3 Å². The van der Waals surface area contributed by atoms with Gasteiger partial charge in [-0.15, -0.1) is 0 Å². The zero-order chi connectivity index (χ0) is 21.0. The Morgan fingerprint density at radius 1 is 0.933 bits per heavy atom. The second kappa shape index (κ2) is 12.0. The molecule has 6 heteroatoms. The Morgan fingerprint density at radius 3 is 2.33 bits per heavy atom. The van der Waals surface area contributed by atoms with Crippen molar-refractivity contribution >= 4 is 17.6 Å². The van der Waals surface area contributed by atoms with Crippen LogP contribution in [0.5, 0.6) is 0 Å². The van der Waals surface area contributed by atoms with Gasteiger partial charge >= 0.3 is 0 Å². The van der Waals surface area contributed by atoms with E-state index in [1.807, 2.05) is 37.3 Å². The number of amides is 1. The first kappa shape index (κ1) is 21.8. The van der Waals surface area contributed by atoms with Crippen molar-refractivity contribution in [1.82, 2.24) is 15.5 Å². The van der Waals surface area contributed by atoms with Crippen molar-refractivity contribution in [2.75, 3.05) is 31.5 Å². The number of carbonyl (C=O) groups excluding carboxylic acids is 1. The summed E-state index contributed by atoms with van der Waals surface area (Å²) in [6, 6.07) is 18.1. The summed E-state index contributed by atoms with van der Waals surface area (Å²) in [6.45, 7) is 6.93. The zero-order valence-corrected chi connectivity index (χ0v) is 17.9. The fourth-order valence-corrected chi connectivity index (χ4v) is 3.53. The monoisotopic (exact) mass is 407 g/mol. The predicted molar refractivity (Wildman–Crippen MR) is 123 cm³/mol. The van der Waals surface area contributed by atoms with Crippen molar-refractivity contribution in [2.24, 2.45) is 4.99 Å². The maximum atomic E-state index is 12.1. The summed E-state index contributed by atoms with van der Waals surface area (Å²) < 4.78 is 0. The molecule has 0 aliphatic carbocycles. The maximum absolute atomic E-state index is 12.1. The molecule has 0 bridgehead atoms. The molecule has 3 rings (SSSR count). The summed E-state index contributed by atoms with van der Waals surface area (Å²) in [5.41, 5.74) is 3.30. The van der Waals surface area contributed by atoms with Gasteiger partial charge in [-0.05, 0) is 56.1 Å². The van der Waals surface area contributed by atoms with Crippen LogP contribution in [0.2, 0.25) is 0 Å². The largest absolute Gasteiger partial charge is 0.357 e. The number of guanidine groups is 1. The Morgan fingerprint density at radius 2 is 1.63 bits per heavy atom. The molecule has 160 valence electrons. The topological polar surface area (TPSA) is 68.8 Å². The molecule has 1 fully saturated rings. The van der Waals surface area contributed by atoms with E-state index in [0.29, 0.717) is 12.5 Å². The van der Waals surface area contributed by atoms with Crippen molar-refractivity contribution in [3.8, 4) is 0 Å². The molecule has 0 aromatic heterocycles. The van der Waals surface area contributed by atoms with E-state index >= 15 is 0 Å². The summed E-state index contributed by atoms with van der Waals surface area (Å²) in [6.07, 6.45) is 4.00. The van der Waals surface area contributed by atoms with Gasteiger partial charge in [0.15, 0.2) is 5.96 Å². The van der Waals surface area contributed by atoms with Gasteiger partial charge in [-0.1, -0.05) is 48.9 Å². The van der Waals surface area contributed by atoms with Crippen molar-refractivity contribution in [3.05, 3.63) is 65.7 Å². The molecule has 3 N–H and O–H groups in total. The van der Waals surface area contributed by atoms with Crippen molar-refractivity contribution in [3.63, 3.8) is 0 Å². The van der Waals surface area contributed by atoms with E-state index in [1.165, 1.54) is 37.9 Å². The summed E-state index contributed by atoms with van der Waals surface area (Å²) in [4.78, 5) is 19.3. The molecule has 2 aromatic carbocycles. The molecule has 0 unspecified atom stereocenters. The fourth-order valence-electron chi connectivity index (χ4n) is 3.53. The third kappa shape index (κ3) is 7.52. The molecule has 1 amide bonds. The number of nitrogens with one attached hydrogen (secondary N) is 3. The van der Waals surface area contributed by atoms with Gasteiger partial charge in [0, 0.05) is 18.8 Å². The van der Waals surface area contributed by atoms with Gasteiger partial charge in [0.2, 0.25) is 5.91 Å². The Hall–Kier alpha value is -2.86. The number of benzene rings is 2. The number of hydrogen-bond acceptors (Lipinski definition) is 3. The first-order valence-corrected chi connectivity index (χ1v) is 10.9. The number of likely N-dealkylation sites (tertiary alicyclic amines) is 1. The first-order chi connectivity index (χ1) is 14.7. The lowest BCUT2D eigenvalue weighted by atomic mass is 10.1. The van der Waals surface area contributed by atoms with Crippen LogP contribution in [-0.4, -0.2) is 42.9 Å². The third-order valence-corrected chi connectivity index (χ3v) is 5.12. The lowest BCUT2D eigenvalue weighted by molar-refractivity contribution is -0.115. The van der Waals surface area contributed by atoms with Crippen LogP contribution in [0.15, 0.2) is 59.6 Å². The van der Waals surface area contributed by atoms with E-state index in [1.54, 1.807) is 0 Å². The highest BCUT2D eigenvalue weighted by atomic mass is 16.1. The predicted octanol–water partition coefficient (Wildman–Crippen LogP) is 3.37. The Balaban J connectivity index is 1.47. The van der Waals surface area contributed by atoms with Gasteiger partial charge < -0.3 is 16.0 Å². The fraction of sp³-hybridized carbons (Fsp3) is 0.417. The molecule has 0 spiro atoms. The van der Waals surface area contributed by atoms with Gasteiger partial charge in [-0.3, -0.25) is 9.69 Å². The average Bonchev–Trinajstić information content (AvgIpc) is 2.78. The van der Waals surface area contributed by atoms with Gasteiger partial charge in [0.05, 0.1) is 13.1 Å². The maximum Gasteiger partial charge on any atom is 0.243 e. The van der Waals surface area contributed by atoms with E-state index in [0.717, 1.165) is 24.3 Å². The van der Waals surface area contributed by atoms with E-state index in [-0.39, 0.29) is 12.5 Å². The quantitative estimate of drug-likeness (QED) is 0.464. The minimum Gasteiger partial charge on any atom is -0.357 e. The van der Waals surface area contributed by atoms with Crippen LogP contribution in [-0.2, 0) is 17.9 Å². The average molecular weight is 408 g/mol. The number of piperidine rings is 1. The number of carbonyl (C=O) groups is 1. The molecule has 2 aromatic rings. The smallest absolute Gasteiger partial charge is 0.243 e. The second-order valence-corrected chi connectivity index (χ2v) is 7.62. The molecule has 1 aliphatic heterocycles.